The maximum atomic E-state index is 13.0. The molecular formula is C21H18BrClN4O3. The number of hydrogen-bond acceptors (Lipinski definition) is 5. The molecule has 9 heteroatoms. The molecule has 154 valence electrons. The molecule has 1 N–H and O–H groups in total. The summed E-state index contributed by atoms with van der Waals surface area (Å²) >= 11 is 9.64. The van der Waals surface area contributed by atoms with Crippen LogP contribution < -0.4 is 9.74 Å². The number of hydrogen-bond donors (Lipinski definition) is 1. The number of nitrogens with one attached hydrogen (secondary N) is 1. The molecule has 3 atom stereocenters. The molecule has 2 aromatic rings. The van der Waals surface area contributed by atoms with E-state index < -0.39 is 6.04 Å². The summed E-state index contributed by atoms with van der Waals surface area (Å²) in [4.78, 5) is 44.0. The first-order chi connectivity index (χ1) is 14.3. The summed E-state index contributed by atoms with van der Waals surface area (Å²) < 4.78 is 1.64. The van der Waals surface area contributed by atoms with Crippen LogP contribution in [-0.2, 0) is 4.79 Å². The Morgan fingerprint density at radius 3 is 2.57 bits per heavy atom. The van der Waals surface area contributed by atoms with E-state index in [4.69, 9.17) is 11.8 Å². The van der Waals surface area contributed by atoms with Crippen LogP contribution in [0.25, 0.3) is 0 Å². The van der Waals surface area contributed by atoms with Gasteiger partial charge in [0.25, 0.3) is 17.7 Å². The van der Waals surface area contributed by atoms with Crippen LogP contribution in [0.5, 0.6) is 0 Å². The number of benzene rings is 1. The summed E-state index contributed by atoms with van der Waals surface area (Å²) in [7, 11) is 0. The molecule has 1 saturated carbocycles. The predicted molar refractivity (Wildman–Crippen MR) is 114 cm³/mol. The van der Waals surface area contributed by atoms with Crippen LogP contribution in [0.4, 0.5) is 5.82 Å². The van der Waals surface area contributed by atoms with Gasteiger partial charge >= 0.3 is 0 Å². The molecule has 1 aromatic carbocycles. The molecule has 3 heterocycles. The average molecular weight is 490 g/mol. The Hall–Kier alpha value is -2.29. The van der Waals surface area contributed by atoms with Crippen LogP contribution in [-0.4, -0.2) is 46.2 Å². The number of anilines is 1. The Morgan fingerprint density at radius 2 is 1.90 bits per heavy atom. The van der Waals surface area contributed by atoms with Crippen molar-refractivity contribution in [1.82, 2.24) is 15.2 Å². The van der Waals surface area contributed by atoms with Gasteiger partial charge in [0, 0.05) is 29.8 Å². The Kier molecular flexibility index (Phi) is 4.50. The molecular weight excluding hydrogens is 472 g/mol. The lowest BCUT2D eigenvalue weighted by atomic mass is 9.98. The van der Waals surface area contributed by atoms with Gasteiger partial charge in [-0.2, -0.15) is 0 Å². The van der Waals surface area contributed by atoms with Crippen molar-refractivity contribution >= 4 is 51.2 Å². The number of halogens is 2. The number of aromatic nitrogens is 1. The van der Waals surface area contributed by atoms with E-state index in [-0.39, 0.29) is 29.2 Å². The number of carbonyl (C=O) groups is 3. The fourth-order valence-corrected chi connectivity index (χ4v) is 5.14. The molecule has 0 unspecified atom stereocenters. The normalized spacial score (nSPS) is 26.6. The summed E-state index contributed by atoms with van der Waals surface area (Å²) in [5.74, 6) is -0.441. The highest BCUT2D eigenvalue weighted by Crippen LogP contribution is 2.55. The minimum Gasteiger partial charge on any atom is -0.302 e. The minimum atomic E-state index is -0.489. The molecule has 3 aliphatic rings. The highest BCUT2D eigenvalue weighted by atomic mass is 79.9. The molecule has 1 aliphatic carbocycles. The van der Waals surface area contributed by atoms with E-state index in [1.165, 1.54) is 4.90 Å². The summed E-state index contributed by atoms with van der Waals surface area (Å²) in [6.07, 6.45) is 1.33. The van der Waals surface area contributed by atoms with Gasteiger partial charge in [-0.05, 0) is 59.5 Å². The van der Waals surface area contributed by atoms with E-state index in [9.17, 15) is 14.4 Å². The predicted octanol–water partition coefficient (Wildman–Crippen LogP) is 3.06. The number of amides is 3. The Labute approximate surface area is 186 Å². The number of piperidine rings is 1. The second kappa shape index (κ2) is 6.87. The van der Waals surface area contributed by atoms with Crippen molar-refractivity contribution in [3.8, 4) is 0 Å². The number of pyridine rings is 1. The molecule has 0 radical (unpaired) electrons. The zero-order chi connectivity index (χ0) is 21.2. The Bertz CT molecular complexity index is 1070. The van der Waals surface area contributed by atoms with Gasteiger partial charge in [0.2, 0.25) is 0 Å². The third-order valence-corrected chi connectivity index (χ3v) is 7.04. The SMILES string of the molecule is Cc1ccc(Br)nc1N(Cl)C(=O)[C@@H]1C[C@@]2(CN3C(=O)c4ccccc4C3=O)C[C@H]2N1. The fourth-order valence-electron chi connectivity index (χ4n) is 4.55. The molecule has 0 bridgehead atoms. The third-order valence-electron chi connectivity index (χ3n) is 6.27. The minimum absolute atomic E-state index is 0.0809. The molecule has 2 aliphatic heterocycles. The first kappa shape index (κ1) is 19.7. The van der Waals surface area contributed by atoms with Gasteiger partial charge in [-0.3, -0.25) is 19.3 Å². The summed E-state index contributed by atoms with van der Waals surface area (Å²) in [5.41, 5.74) is 1.38. The Morgan fingerprint density at radius 1 is 1.23 bits per heavy atom. The number of imide groups is 1. The van der Waals surface area contributed by atoms with Crippen LogP contribution in [0.15, 0.2) is 41.0 Å². The smallest absolute Gasteiger partial charge is 0.261 e. The zero-order valence-electron chi connectivity index (χ0n) is 16.1. The molecule has 7 nitrogen and oxygen atoms in total. The van der Waals surface area contributed by atoms with E-state index >= 15 is 0 Å². The van der Waals surface area contributed by atoms with E-state index in [0.29, 0.717) is 34.5 Å². The highest BCUT2D eigenvalue weighted by Gasteiger charge is 2.63. The lowest BCUT2D eigenvalue weighted by Gasteiger charge is -2.23. The van der Waals surface area contributed by atoms with Gasteiger partial charge in [-0.25, -0.2) is 9.40 Å². The number of nitrogens with zero attached hydrogens (tertiary/aromatic N) is 3. The van der Waals surface area contributed by atoms with Crippen LogP contribution in [0.1, 0.15) is 39.1 Å². The summed E-state index contributed by atoms with van der Waals surface area (Å²) in [5, 5.41) is 3.31. The molecule has 1 saturated heterocycles. The van der Waals surface area contributed by atoms with Crippen molar-refractivity contribution < 1.29 is 14.4 Å². The van der Waals surface area contributed by atoms with Crippen molar-refractivity contribution in [3.63, 3.8) is 0 Å². The fraction of sp³-hybridized carbons (Fsp3) is 0.333. The lowest BCUT2D eigenvalue weighted by Crippen LogP contribution is -2.42. The number of aryl methyl sites for hydroxylation is 1. The van der Waals surface area contributed by atoms with Crippen LogP contribution >= 0.6 is 27.7 Å². The maximum Gasteiger partial charge on any atom is 0.261 e. The van der Waals surface area contributed by atoms with Gasteiger partial charge in [0.1, 0.15) is 4.60 Å². The molecule has 5 rings (SSSR count). The van der Waals surface area contributed by atoms with Gasteiger partial charge in [-0.15, -0.1) is 0 Å². The first-order valence-corrected chi connectivity index (χ1v) is 10.8. The largest absolute Gasteiger partial charge is 0.302 e. The summed E-state index contributed by atoms with van der Waals surface area (Å²) in [6, 6.07) is 10.1. The van der Waals surface area contributed by atoms with Crippen molar-refractivity contribution in [1.29, 1.82) is 0 Å². The van der Waals surface area contributed by atoms with Crippen LogP contribution in [0, 0.1) is 12.3 Å². The first-order valence-electron chi connectivity index (χ1n) is 9.65. The van der Waals surface area contributed by atoms with Crippen molar-refractivity contribution in [3.05, 3.63) is 57.7 Å². The standard InChI is InChI=1S/C21H18BrClN4O3/c1-11-6-7-16(22)25-17(11)27(23)20(30)14-8-21(9-15(21)24-14)10-26-18(28)12-4-2-3-5-13(12)19(26)29/h2-7,14-15,24H,8-10H2,1H3/t14-,15+,21-/m0/s1. The van der Waals surface area contributed by atoms with Crippen molar-refractivity contribution in [2.75, 3.05) is 11.0 Å². The molecule has 3 amide bonds. The monoisotopic (exact) mass is 488 g/mol. The van der Waals surface area contributed by atoms with Gasteiger partial charge < -0.3 is 5.32 Å². The third kappa shape index (κ3) is 2.97. The second-order valence-electron chi connectivity index (χ2n) is 8.18. The maximum absolute atomic E-state index is 13.0. The number of fused-ring (bicyclic) bond motifs is 2. The van der Waals surface area contributed by atoms with Crippen molar-refractivity contribution in [2.24, 2.45) is 5.41 Å². The number of carbonyl (C=O) groups excluding carboxylic acids is 3. The molecule has 30 heavy (non-hydrogen) atoms. The molecule has 1 aromatic heterocycles. The second-order valence-corrected chi connectivity index (χ2v) is 9.33. The Balaban J connectivity index is 1.31. The zero-order valence-corrected chi connectivity index (χ0v) is 18.4. The number of rotatable bonds is 4. The summed E-state index contributed by atoms with van der Waals surface area (Å²) in [6.45, 7) is 2.14. The van der Waals surface area contributed by atoms with Gasteiger partial charge in [0.05, 0.1) is 17.2 Å². The van der Waals surface area contributed by atoms with Gasteiger partial charge in [-0.1, -0.05) is 18.2 Å². The van der Waals surface area contributed by atoms with Crippen LogP contribution in [0.2, 0.25) is 0 Å². The average Bonchev–Trinajstić information content (AvgIpc) is 3.21. The quantitative estimate of drug-likeness (QED) is 0.405. The van der Waals surface area contributed by atoms with E-state index in [1.807, 2.05) is 13.0 Å². The molecule has 2 fully saturated rings. The lowest BCUT2D eigenvalue weighted by molar-refractivity contribution is -0.119. The van der Waals surface area contributed by atoms with Gasteiger partial charge in [0.15, 0.2) is 5.82 Å². The molecule has 0 spiro atoms. The highest BCUT2D eigenvalue weighted by molar-refractivity contribution is 9.10. The van der Waals surface area contributed by atoms with Crippen molar-refractivity contribution in [2.45, 2.75) is 31.8 Å². The van der Waals surface area contributed by atoms with E-state index in [1.54, 1.807) is 30.3 Å². The topological polar surface area (TPSA) is 82.6 Å². The van der Waals surface area contributed by atoms with E-state index in [2.05, 4.69) is 26.2 Å². The van der Waals surface area contributed by atoms with Crippen LogP contribution in [0.3, 0.4) is 0 Å². The van der Waals surface area contributed by atoms with E-state index in [0.717, 1.165) is 16.4 Å².